The zero-order chi connectivity index (χ0) is 21.4. The van der Waals surface area contributed by atoms with E-state index in [1.807, 2.05) is 53.7 Å². The molecule has 6 nitrogen and oxygen atoms in total. The number of piperidine rings is 1. The summed E-state index contributed by atoms with van der Waals surface area (Å²) in [6.07, 6.45) is 2.26. The summed E-state index contributed by atoms with van der Waals surface area (Å²) in [4.78, 5) is 17.1. The first-order valence-corrected chi connectivity index (χ1v) is 11.4. The van der Waals surface area contributed by atoms with Crippen molar-refractivity contribution in [2.75, 3.05) is 13.1 Å². The summed E-state index contributed by atoms with van der Waals surface area (Å²) in [5.74, 6) is 0. The molecule has 2 aliphatic rings. The Hall–Kier alpha value is -1.89. The maximum Gasteiger partial charge on any atom is 0.410 e. The van der Waals surface area contributed by atoms with Gasteiger partial charge in [-0.2, -0.15) is 5.10 Å². The maximum absolute atomic E-state index is 12.5. The molecular formula is C22H33N3O3S. The second-order valence-corrected chi connectivity index (χ2v) is 12.0. The van der Waals surface area contributed by atoms with Crippen molar-refractivity contribution in [1.82, 2.24) is 9.73 Å². The molecule has 3 rings (SSSR count). The molecule has 7 heteroatoms. The Morgan fingerprint density at radius 2 is 1.76 bits per heavy atom. The first kappa shape index (κ1) is 21.8. The SMILES string of the molecule is CC(C)(C)OC(=O)N1CCC2(CC1)Cc1ccccc1/C2=N/N[S@](=O)C(C)(C)C. The number of rotatable bonds is 2. The monoisotopic (exact) mass is 419 g/mol. The number of amides is 1. The highest BCUT2D eigenvalue weighted by molar-refractivity contribution is 7.84. The fraction of sp³-hybridized carbons (Fsp3) is 0.636. The second-order valence-electron chi connectivity index (χ2n) is 10.0. The molecule has 1 N–H and O–H groups in total. The molecule has 1 aliphatic heterocycles. The van der Waals surface area contributed by atoms with Gasteiger partial charge in [-0.05, 0) is 66.4 Å². The number of fused-ring (bicyclic) bond motifs is 1. The molecule has 1 spiro atoms. The van der Waals surface area contributed by atoms with Gasteiger partial charge in [-0.25, -0.2) is 13.8 Å². The van der Waals surface area contributed by atoms with Crippen LogP contribution in [-0.2, 0) is 22.1 Å². The van der Waals surface area contributed by atoms with E-state index in [4.69, 9.17) is 4.74 Å². The maximum atomic E-state index is 12.5. The van der Waals surface area contributed by atoms with E-state index >= 15 is 0 Å². The third-order valence-corrected chi connectivity index (χ3v) is 6.84. The predicted octanol–water partition coefficient (Wildman–Crippen LogP) is 4.02. The molecule has 29 heavy (non-hydrogen) atoms. The van der Waals surface area contributed by atoms with Crippen LogP contribution in [0, 0.1) is 5.41 Å². The Morgan fingerprint density at radius 3 is 2.34 bits per heavy atom. The van der Waals surface area contributed by atoms with Crippen molar-refractivity contribution < 1.29 is 13.7 Å². The van der Waals surface area contributed by atoms with E-state index in [2.05, 4.69) is 22.1 Å². The minimum absolute atomic E-state index is 0.142. The largest absolute Gasteiger partial charge is 0.444 e. The van der Waals surface area contributed by atoms with Gasteiger partial charge >= 0.3 is 6.09 Å². The summed E-state index contributed by atoms with van der Waals surface area (Å²) in [6.45, 7) is 12.7. The summed E-state index contributed by atoms with van der Waals surface area (Å²) in [6, 6.07) is 8.29. The quantitative estimate of drug-likeness (QED) is 0.736. The van der Waals surface area contributed by atoms with Gasteiger partial charge in [-0.15, -0.1) is 0 Å². The van der Waals surface area contributed by atoms with E-state index in [1.165, 1.54) is 5.56 Å². The van der Waals surface area contributed by atoms with Crippen molar-refractivity contribution in [3.8, 4) is 0 Å². The van der Waals surface area contributed by atoms with Gasteiger partial charge in [0.15, 0.2) is 0 Å². The molecule has 0 saturated carbocycles. The fourth-order valence-corrected chi connectivity index (χ4v) is 4.35. The molecule has 1 heterocycles. The molecule has 1 aromatic carbocycles. The first-order valence-electron chi connectivity index (χ1n) is 10.2. The number of carbonyl (C=O) groups is 1. The molecular weight excluding hydrogens is 386 g/mol. The average molecular weight is 420 g/mol. The van der Waals surface area contributed by atoms with Crippen molar-refractivity contribution >= 4 is 22.8 Å². The molecule has 0 radical (unpaired) electrons. The third kappa shape index (κ3) is 4.82. The Bertz CT molecular complexity index is 828. The van der Waals surface area contributed by atoms with E-state index in [-0.39, 0.29) is 11.5 Å². The van der Waals surface area contributed by atoms with Crippen LogP contribution >= 0.6 is 0 Å². The number of nitrogens with zero attached hydrogens (tertiary/aromatic N) is 2. The van der Waals surface area contributed by atoms with Crippen LogP contribution in [0.25, 0.3) is 0 Å². The second kappa shape index (κ2) is 7.74. The number of hydrazone groups is 1. The molecule has 1 fully saturated rings. The van der Waals surface area contributed by atoms with Gasteiger partial charge in [0, 0.05) is 24.1 Å². The lowest BCUT2D eigenvalue weighted by Gasteiger charge is -2.40. The van der Waals surface area contributed by atoms with Crippen LogP contribution < -0.4 is 4.83 Å². The number of hydrogen-bond acceptors (Lipinski definition) is 4. The van der Waals surface area contributed by atoms with Gasteiger partial charge < -0.3 is 9.64 Å². The lowest BCUT2D eigenvalue weighted by atomic mass is 9.74. The lowest BCUT2D eigenvalue weighted by molar-refractivity contribution is 0.0159. The van der Waals surface area contributed by atoms with E-state index < -0.39 is 21.3 Å². The molecule has 1 atom stereocenters. The fourth-order valence-electron chi connectivity index (χ4n) is 3.90. The Kier molecular flexibility index (Phi) is 5.82. The Morgan fingerprint density at radius 1 is 1.14 bits per heavy atom. The highest BCUT2D eigenvalue weighted by Gasteiger charge is 2.46. The topological polar surface area (TPSA) is 71.0 Å². The van der Waals surface area contributed by atoms with Crippen LogP contribution in [0.15, 0.2) is 29.4 Å². The van der Waals surface area contributed by atoms with Gasteiger partial charge in [0.2, 0.25) is 0 Å². The summed E-state index contributed by atoms with van der Waals surface area (Å²) in [5.41, 5.74) is 2.71. The van der Waals surface area contributed by atoms with E-state index in [9.17, 15) is 9.00 Å². The number of likely N-dealkylation sites (tertiary alicyclic amines) is 1. The first-order chi connectivity index (χ1) is 13.4. The third-order valence-electron chi connectivity index (χ3n) is 5.47. The summed E-state index contributed by atoms with van der Waals surface area (Å²) in [5, 5.41) is 4.67. The molecule has 1 saturated heterocycles. The van der Waals surface area contributed by atoms with Crippen LogP contribution in [0.1, 0.15) is 65.5 Å². The van der Waals surface area contributed by atoms with Crippen LogP contribution in [0.4, 0.5) is 4.79 Å². The highest BCUT2D eigenvalue weighted by Crippen LogP contribution is 2.45. The summed E-state index contributed by atoms with van der Waals surface area (Å²) < 4.78 is 17.6. The van der Waals surface area contributed by atoms with Crippen molar-refractivity contribution in [1.29, 1.82) is 0 Å². The predicted molar refractivity (Wildman–Crippen MR) is 117 cm³/mol. The van der Waals surface area contributed by atoms with Crippen molar-refractivity contribution in [3.05, 3.63) is 35.4 Å². The molecule has 1 amide bonds. The number of ether oxygens (including phenoxy) is 1. The Labute approximate surface area is 176 Å². The van der Waals surface area contributed by atoms with Gasteiger partial charge in [0.1, 0.15) is 16.6 Å². The molecule has 0 bridgehead atoms. The minimum Gasteiger partial charge on any atom is -0.444 e. The summed E-state index contributed by atoms with van der Waals surface area (Å²) in [7, 11) is -1.28. The smallest absolute Gasteiger partial charge is 0.410 e. The number of hydrogen-bond donors (Lipinski definition) is 1. The van der Waals surface area contributed by atoms with Crippen molar-refractivity contribution in [3.63, 3.8) is 0 Å². The average Bonchev–Trinajstić information content (AvgIpc) is 2.90. The van der Waals surface area contributed by atoms with Gasteiger partial charge in [-0.1, -0.05) is 24.3 Å². The van der Waals surface area contributed by atoms with Crippen molar-refractivity contribution in [2.45, 2.75) is 71.2 Å². The molecule has 160 valence electrons. The van der Waals surface area contributed by atoms with Gasteiger partial charge in [0.05, 0.1) is 10.5 Å². The number of benzene rings is 1. The number of carbonyl (C=O) groups excluding carboxylic acids is 1. The van der Waals surface area contributed by atoms with E-state index in [1.54, 1.807) is 4.90 Å². The zero-order valence-corrected chi connectivity index (χ0v) is 19.2. The van der Waals surface area contributed by atoms with Gasteiger partial charge in [0.25, 0.3) is 0 Å². The number of nitrogens with one attached hydrogen (secondary N) is 1. The van der Waals surface area contributed by atoms with Crippen LogP contribution in [-0.4, -0.2) is 44.4 Å². The standard InChI is InChI=1S/C22H33N3O3S/c1-20(2,3)28-19(26)25-13-11-22(12-14-25)15-16-9-7-8-10-17(16)18(22)23-24-29(27)21(4,5)6/h7-10,24H,11-15H2,1-6H3/b23-18-/t29-/m1/s1. The molecule has 0 unspecified atom stereocenters. The lowest BCUT2D eigenvalue weighted by Crippen LogP contribution is -2.47. The summed E-state index contributed by atoms with van der Waals surface area (Å²) >= 11 is 0. The Balaban J connectivity index is 1.81. The van der Waals surface area contributed by atoms with Crippen LogP contribution in [0.2, 0.25) is 0 Å². The zero-order valence-electron chi connectivity index (χ0n) is 18.4. The van der Waals surface area contributed by atoms with Crippen molar-refractivity contribution in [2.24, 2.45) is 10.5 Å². The van der Waals surface area contributed by atoms with Crippen LogP contribution in [0.5, 0.6) is 0 Å². The van der Waals surface area contributed by atoms with Gasteiger partial charge in [-0.3, -0.25) is 0 Å². The minimum atomic E-state index is -1.28. The normalized spacial score (nSPS) is 21.2. The van der Waals surface area contributed by atoms with Crippen LogP contribution in [0.3, 0.4) is 0 Å². The molecule has 1 aliphatic carbocycles. The molecule has 1 aromatic rings. The van der Waals surface area contributed by atoms with E-state index in [0.29, 0.717) is 13.1 Å². The highest BCUT2D eigenvalue weighted by atomic mass is 32.2. The molecule has 0 aromatic heterocycles. The van der Waals surface area contributed by atoms with E-state index in [0.717, 1.165) is 30.5 Å².